The zero-order valence-corrected chi connectivity index (χ0v) is 11.6. The van der Waals surface area contributed by atoms with Gasteiger partial charge in [0.1, 0.15) is 0 Å². The quantitative estimate of drug-likeness (QED) is 0.840. The molecule has 0 aromatic heterocycles. The van der Waals surface area contributed by atoms with Crippen LogP contribution in [0.3, 0.4) is 0 Å². The number of benzene rings is 1. The van der Waals surface area contributed by atoms with E-state index in [0.29, 0.717) is 19.5 Å². The molecule has 0 heterocycles. The lowest BCUT2D eigenvalue weighted by Gasteiger charge is -2.29. The number of hydrogen-bond donors (Lipinski definition) is 1. The van der Waals surface area contributed by atoms with Gasteiger partial charge in [-0.2, -0.15) is 0 Å². The predicted octanol–water partition coefficient (Wildman–Crippen LogP) is 2.47. The van der Waals surface area contributed by atoms with Crippen molar-refractivity contribution in [1.82, 2.24) is 4.90 Å². The standard InChI is InChI=1S/C15H24N2O/c1-4-13(3)17(15(18)9-10-16)11-14-8-6-5-7-12(14)2/h5-8,13H,4,9-11,16H2,1-3H3. The average molecular weight is 248 g/mol. The van der Waals surface area contributed by atoms with Crippen molar-refractivity contribution in [3.8, 4) is 0 Å². The van der Waals surface area contributed by atoms with E-state index in [1.54, 1.807) is 0 Å². The Balaban J connectivity index is 2.85. The Morgan fingerprint density at radius 2 is 2.06 bits per heavy atom. The van der Waals surface area contributed by atoms with Crippen LogP contribution < -0.4 is 5.73 Å². The van der Waals surface area contributed by atoms with Crippen molar-refractivity contribution in [3.63, 3.8) is 0 Å². The Kier molecular flexibility index (Phi) is 5.86. The van der Waals surface area contributed by atoms with Crippen LogP contribution in [0.2, 0.25) is 0 Å². The van der Waals surface area contributed by atoms with E-state index in [4.69, 9.17) is 5.73 Å². The van der Waals surface area contributed by atoms with E-state index in [0.717, 1.165) is 6.42 Å². The first-order valence-electron chi connectivity index (χ1n) is 6.64. The maximum Gasteiger partial charge on any atom is 0.224 e. The van der Waals surface area contributed by atoms with E-state index in [2.05, 4.69) is 32.9 Å². The number of carbonyl (C=O) groups excluding carboxylic acids is 1. The van der Waals surface area contributed by atoms with Crippen molar-refractivity contribution >= 4 is 5.91 Å². The van der Waals surface area contributed by atoms with Crippen LogP contribution in [-0.4, -0.2) is 23.4 Å². The number of carbonyl (C=O) groups is 1. The second-order valence-corrected chi connectivity index (χ2v) is 4.74. The number of rotatable bonds is 6. The number of hydrogen-bond acceptors (Lipinski definition) is 2. The molecule has 3 heteroatoms. The molecule has 0 aliphatic rings. The van der Waals surface area contributed by atoms with Gasteiger partial charge in [-0.3, -0.25) is 4.79 Å². The Bertz CT molecular complexity index is 390. The summed E-state index contributed by atoms with van der Waals surface area (Å²) in [7, 11) is 0. The van der Waals surface area contributed by atoms with Crippen LogP contribution in [0.5, 0.6) is 0 Å². The fourth-order valence-corrected chi connectivity index (χ4v) is 1.95. The molecule has 3 nitrogen and oxygen atoms in total. The molecule has 0 aliphatic carbocycles. The topological polar surface area (TPSA) is 46.3 Å². The Hall–Kier alpha value is -1.35. The van der Waals surface area contributed by atoms with Crippen molar-refractivity contribution in [2.24, 2.45) is 5.73 Å². The van der Waals surface area contributed by atoms with Gasteiger partial charge in [0.2, 0.25) is 5.91 Å². The highest BCUT2D eigenvalue weighted by atomic mass is 16.2. The minimum absolute atomic E-state index is 0.148. The molecule has 1 amide bonds. The van der Waals surface area contributed by atoms with Gasteiger partial charge in [0.25, 0.3) is 0 Å². The van der Waals surface area contributed by atoms with Gasteiger partial charge in [0.05, 0.1) is 0 Å². The third-order valence-corrected chi connectivity index (χ3v) is 3.40. The summed E-state index contributed by atoms with van der Waals surface area (Å²) in [6, 6.07) is 8.46. The zero-order chi connectivity index (χ0) is 13.5. The van der Waals surface area contributed by atoms with Crippen molar-refractivity contribution < 1.29 is 4.79 Å². The highest BCUT2D eigenvalue weighted by Gasteiger charge is 2.18. The van der Waals surface area contributed by atoms with Gasteiger partial charge in [-0.15, -0.1) is 0 Å². The summed E-state index contributed by atoms with van der Waals surface area (Å²) < 4.78 is 0. The minimum atomic E-state index is 0.148. The fourth-order valence-electron chi connectivity index (χ4n) is 1.95. The number of nitrogens with two attached hydrogens (primary N) is 1. The van der Waals surface area contributed by atoms with Crippen LogP contribution in [0.15, 0.2) is 24.3 Å². The Labute approximate surface area is 110 Å². The molecule has 0 aliphatic heterocycles. The molecule has 0 bridgehead atoms. The molecule has 1 unspecified atom stereocenters. The number of amides is 1. The molecule has 100 valence electrons. The lowest BCUT2D eigenvalue weighted by molar-refractivity contribution is -0.133. The second-order valence-electron chi connectivity index (χ2n) is 4.74. The van der Waals surface area contributed by atoms with E-state index < -0.39 is 0 Å². The molecule has 1 aromatic carbocycles. The summed E-state index contributed by atoms with van der Waals surface area (Å²) in [4.78, 5) is 14.0. The predicted molar refractivity (Wildman–Crippen MR) is 75.2 cm³/mol. The molecule has 0 saturated carbocycles. The molecule has 18 heavy (non-hydrogen) atoms. The normalized spacial score (nSPS) is 12.2. The van der Waals surface area contributed by atoms with E-state index in [1.807, 2.05) is 17.0 Å². The van der Waals surface area contributed by atoms with Crippen LogP contribution >= 0.6 is 0 Å². The van der Waals surface area contributed by atoms with Crippen molar-refractivity contribution in [3.05, 3.63) is 35.4 Å². The van der Waals surface area contributed by atoms with Crippen molar-refractivity contribution in [1.29, 1.82) is 0 Å². The van der Waals surface area contributed by atoms with Gasteiger partial charge >= 0.3 is 0 Å². The van der Waals surface area contributed by atoms with Crippen LogP contribution in [0.1, 0.15) is 37.8 Å². The SMILES string of the molecule is CCC(C)N(Cc1ccccc1C)C(=O)CCN. The molecule has 1 rings (SSSR count). The first-order chi connectivity index (χ1) is 8.60. The summed E-state index contributed by atoms with van der Waals surface area (Å²) in [5, 5.41) is 0. The summed E-state index contributed by atoms with van der Waals surface area (Å²) in [6.07, 6.45) is 1.39. The summed E-state index contributed by atoms with van der Waals surface area (Å²) in [6.45, 7) is 7.37. The van der Waals surface area contributed by atoms with Gasteiger partial charge in [0, 0.05) is 25.6 Å². The van der Waals surface area contributed by atoms with E-state index >= 15 is 0 Å². The maximum absolute atomic E-state index is 12.1. The van der Waals surface area contributed by atoms with Crippen LogP contribution in [0.4, 0.5) is 0 Å². The van der Waals surface area contributed by atoms with Gasteiger partial charge in [-0.05, 0) is 31.4 Å². The van der Waals surface area contributed by atoms with Gasteiger partial charge in [-0.25, -0.2) is 0 Å². The van der Waals surface area contributed by atoms with E-state index in [9.17, 15) is 4.79 Å². The highest BCUT2D eigenvalue weighted by molar-refractivity contribution is 5.76. The largest absolute Gasteiger partial charge is 0.336 e. The van der Waals surface area contributed by atoms with Gasteiger partial charge in [0.15, 0.2) is 0 Å². The van der Waals surface area contributed by atoms with Gasteiger partial charge in [-0.1, -0.05) is 31.2 Å². The fraction of sp³-hybridized carbons (Fsp3) is 0.533. The van der Waals surface area contributed by atoms with Crippen LogP contribution in [0.25, 0.3) is 0 Å². The van der Waals surface area contributed by atoms with Crippen LogP contribution in [-0.2, 0) is 11.3 Å². The van der Waals surface area contributed by atoms with Crippen molar-refractivity contribution in [2.75, 3.05) is 6.54 Å². The first-order valence-corrected chi connectivity index (χ1v) is 6.64. The zero-order valence-electron chi connectivity index (χ0n) is 11.6. The molecule has 2 N–H and O–H groups in total. The third-order valence-electron chi connectivity index (χ3n) is 3.40. The highest BCUT2D eigenvalue weighted by Crippen LogP contribution is 2.15. The molecular weight excluding hydrogens is 224 g/mol. The van der Waals surface area contributed by atoms with Crippen LogP contribution in [0, 0.1) is 6.92 Å². The molecule has 0 radical (unpaired) electrons. The maximum atomic E-state index is 12.1. The molecular formula is C15H24N2O. The third kappa shape index (κ3) is 3.84. The monoisotopic (exact) mass is 248 g/mol. The molecule has 0 fully saturated rings. The molecule has 1 atom stereocenters. The smallest absolute Gasteiger partial charge is 0.224 e. The van der Waals surface area contributed by atoms with Gasteiger partial charge < -0.3 is 10.6 Å². The first kappa shape index (κ1) is 14.7. The molecule has 1 aromatic rings. The Morgan fingerprint density at radius 3 is 2.61 bits per heavy atom. The van der Waals surface area contributed by atoms with Crippen molar-refractivity contribution in [2.45, 2.75) is 46.2 Å². The summed E-state index contributed by atoms with van der Waals surface area (Å²) >= 11 is 0. The lowest BCUT2D eigenvalue weighted by Crippen LogP contribution is -2.38. The minimum Gasteiger partial charge on any atom is -0.336 e. The lowest BCUT2D eigenvalue weighted by atomic mass is 10.1. The average Bonchev–Trinajstić information content (AvgIpc) is 2.37. The summed E-state index contributed by atoms with van der Waals surface area (Å²) in [5.74, 6) is 0.148. The van der Waals surface area contributed by atoms with E-state index in [1.165, 1.54) is 11.1 Å². The molecule has 0 saturated heterocycles. The van der Waals surface area contributed by atoms with E-state index in [-0.39, 0.29) is 11.9 Å². The Morgan fingerprint density at radius 1 is 1.39 bits per heavy atom. The number of nitrogens with zero attached hydrogens (tertiary/aromatic N) is 1. The number of aryl methyl sites for hydroxylation is 1. The molecule has 0 spiro atoms. The summed E-state index contributed by atoms with van der Waals surface area (Å²) in [5.41, 5.74) is 7.92. The second kappa shape index (κ2) is 7.17.